The number of hydrogen-bond acceptors (Lipinski definition) is 4. The molecule has 0 aliphatic carbocycles. The summed E-state index contributed by atoms with van der Waals surface area (Å²) >= 11 is 5.86. The Balaban J connectivity index is 2.50. The molecule has 0 bridgehead atoms. The average molecular weight is 255 g/mol. The van der Waals surface area contributed by atoms with E-state index in [4.69, 9.17) is 21.1 Å². The van der Waals surface area contributed by atoms with E-state index >= 15 is 0 Å². The maximum Gasteiger partial charge on any atom is 0.342 e. The van der Waals surface area contributed by atoms with E-state index in [1.165, 1.54) is 0 Å². The molecule has 0 saturated heterocycles. The van der Waals surface area contributed by atoms with Crippen LogP contribution in [0.15, 0.2) is 24.0 Å². The monoisotopic (exact) mass is 254 g/mol. The maximum absolute atomic E-state index is 11.7. The van der Waals surface area contributed by atoms with Crippen molar-refractivity contribution in [2.24, 2.45) is 0 Å². The zero-order valence-electron chi connectivity index (χ0n) is 9.20. The van der Waals surface area contributed by atoms with Crippen LogP contribution < -0.4 is 4.74 Å². The van der Waals surface area contributed by atoms with Gasteiger partial charge in [-0.3, -0.25) is 0 Å². The van der Waals surface area contributed by atoms with E-state index in [1.807, 2.05) is 0 Å². The number of halogens is 1. The van der Waals surface area contributed by atoms with Gasteiger partial charge >= 0.3 is 5.97 Å². The SMILES string of the molecule is CCOC(=O)C1=C(O)COc2ccc(Cl)cc21. The van der Waals surface area contributed by atoms with Crippen molar-refractivity contribution in [3.8, 4) is 5.75 Å². The van der Waals surface area contributed by atoms with Gasteiger partial charge in [0.1, 0.15) is 23.7 Å². The van der Waals surface area contributed by atoms with Gasteiger partial charge in [0.25, 0.3) is 0 Å². The molecule has 2 rings (SSSR count). The Labute approximate surface area is 103 Å². The predicted molar refractivity (Wildman–Crippen MR) is 63.1 cm³/mol. The van der Waals surface area contributed by atoms with E-state index in [0.29, 0.717) is 16.3 Å². The van der Waals surface area contributed by atoms with E-state index in [2.05, 4.69) is 0 Å². The number of benzene rings is 1. The minimum Gasteiger partial charge on any atom is -0.508 e. The number of hydrogen-bond donors (Lipinski definition) is 1. The number of aliphatic hydroxyl groups is 1. The molecule has 17 heavy (non-hydrogen) atoms. The highest BCUT2D eigenvalue weighted by molar-refractivity contribution is 6.31. The van der Waals surface area contributed by atoms with Gasteiger partial charge in [-0.25, -0.2) is 4.79 Å². The number of fused-ring (bicyclic) bond motifs is 1. The van der Waals surface area contributed by atoms with Crippen molar-refractivity contribution < 1.29 is 19.4 Å². The molecule has 1 aliphatic rings. The molecule has 4 nitrogen and oxygen atoms in total. The Kier molecular flexibility index (Phi) is 3.24. The molecule has 1 N–H and O–H groups in total. The molecular weight excluding hydrogens is 244 g/mol. The summed E-state index contributed by atoms with van der Waals surface area (Å²) < 4.78 is 10.2. The standard InChI is InChI=1S/C12H11ClO4/c1-2-16-12(15)11-8-5-7(13)3-4-10(8)17-6-9(11)14/h3-5,14H,2,6H2,1H3. The van der Waals surface area contributed by atoms with E-state index in [1.54, 1.807) is 25.1 Å². The lowest BCUT2D eigenvalue weighted by molar-refractivity contribution is -0.136. The van der Waals surface area contributed by atoms with E-state index < -0.39 is 5.97 Å². The van der Waals surface area contributed by atoms with Crippen molar-refractivity contribution in [2.45, 2.75) is 6.92 Å². The molecule has 0 saturated carbocycles. The average Bonchev–Trinajstić information content (AvgIpc) is 2.28. The smallest absolute Gasteiger partial charge is 0.342 e. The van der Waals surface area contributed by atoms with Crippen LogP contribution >= 0.6 is 11.6 Å². The van der Waals surface area contributed by atoms with Crippen molar-refractivity contribution in [1.29, 1.82) is 0 Å². The van der Waals surface area contributed by atoms with Gasteiger partial charge in [0, 0.05) is 10.6 Å². The minimum absolute atomic E-state index is 0.0389. The van der Waals surface area contributed by atoms with Crippen LogP contribution in [0.5, 0.6) is 5.75 Å². The summed E-state index contributed by atoms with van der Waals surface area (Å²) in [5, 5.41) is 10.2. The lowest BCUT2D eigenvalue weighted by Gasteiger charge is -2.20. The Morgan fingerprint density at radius 1 is 1.59 bits per heavy atom. The Hall–Kier alpha value is -1.68. The van der Waals surface area contributed by atoms with Crippen molar-refractivity contribution >= 4 is 23.1 Å². The van der Waals surface area contributed by atoms with Crippen LogP contribution in [0, 0.1) is 0 Å². The summed E-state index contributed by atoms with van der Waals surface area (Å²) in [7, 11) is 0. The zero-order chi connectivity index (χ0) is 12.4. The molecule has 1 aliphatic heterocycles. The minimum atomic E-state index is -0.572. The van der Waals surface area contributed by atoms with Crippen LogP contribution in [0.1, 0.15) is 12.5 Å². The second-order valence-electron chi connectivity index (χ2n) is 3.47. The van der Waals surface area contributed by atoms with Gasteiger partial charge in [-0.1, -0.05) is 11.6 Å². The highest BCUT2D eigenvalue weighted by Gasteiger charge is 2.26. The first kappa shape index (κ1) is 11.8. The van der Waals surface area contributed by atoms with Crippen molar-refractivity contribution in [3.05, 3.63) is 34.5 Å². The predicted octanol–water partition coefficient (Wildman–Crippen LogP) is 2.56. The van der Waals surface area contributed by atoms with E-state index in [9.17, 15) is 9.90 Å². The lowest BCUT2D eigenvalue weighted by atomic mass is 10.0. The number of aliphatic hydroxyl groups excluding tert-OH is 1. The fourth-order valence-electron chi connectivity index (χ4n) is 1.63. The zero-order valence-corrected chi connectivity index (χ0v) is 9.95. The fourth-order valence-corrected chi connectivity index (χ4v) is 1.80. The molecule has 0 aromatic heterocycles. The molecule has 0 atom stereocenters. The Morgan fingerprint density at radius 2 is 2.35 bits per heavy atom. The second kappa shape index (κ2) is 4.67. The third-order valence-corrected chi connectivity index (χ3v) is 2.58. The maximum atomic E-state index is 11.7. The number of ether oxygens (including phenoxy) is 2. The number of carbonyl (C=O) groups is 1. The number of carbonyl (C=O) groups excluding carboxylic acids is 1. The fraction of sp³-hybridized carbons (Fsp3) is 0.250. The molecule has 90 valence electrons. The largest absolute Gasteiger partial charge is 0.508 e. The first-order valence-electron chi connectivity index (χ1n) is 5.15. The molecule has 0 fully saturated rings. The molecule has 0 spiro atoms. The second-order valence-corrected chi connectivity index (χ2v) is 3.91. The van der Waals surface area contributed by atoms with Crippen molar-refractivity contribution in [3.63, 3.8) is 0 Å². The van der Waals surface area contributed by atoms with Crippen molar-refractivity contribution in [1.82, 2.24) is 0 Å². The molecule has 5 heteroatoms. The molecule has 0 amide bonds. The van der Waals surface area contributed by atoms with Crippen LogP contribution in [0.2, 0.25) is 5.02 Å². The van der Waals surface area contributed by atoms with Crippen molar-refractivity contribution in [2.75, 3.05) is 13.2 Å². The van der Waals surface area contributed by atoms with E-state index in [-0.39, 0.29) is 24.5 Å². The normalized spacial score (nSPS) is 14.0. The van der Waals surface area contributed by atoms with Crippen LogP contribution in [-0.4, -0.2) is 24.3 Å². The first-order valence-corrected chi connectivity index (χ1v) is 5.53. The van der Waals surface area contributed by atoms with Gasteiger partial charge in [0.05, 0.1) is 6.61 Å². The summed E-state index contributed by atoms with van der Waals surface area (Å²) in [6.07, 6.45) is 0. The molecule has 1 aromatic rings. The molecule has 1 heterocycles. The van der Waals surface area contributed by atoms with Gasteiger partial charge in [0.15, 0.2) is 0 Å². The lowest BCUT2D eigenvalue weighted by Crippen LogP contribution is -2.18. The summed E-state index contributed by atoms with van der Waals surface area (Å²) in [5.41, 5.74) is 0.579. The van der Waals surface area contributed by atoms with Crippen LogP contribution in [-0.2, 0) is 9.53 Å². The van der Waals surface area contributed by atoms with Crippen LogP contribution in [0.25, 0.3) is 5.57 Å². The van der Waals surface area contributed by atoms with Gasteiger partial charge in [-0.05, 0) is 25.1 Å². The summed E-state index contributed by atoms with van der Waals surface area (Å²) in [6.45, 7) is 1.91. The van der Waals surface area contributed by atoms with Gasteiger partial charge in [-0.15, -0.1) is 0 Å². The molecule has 1 aromatic carbocycles. The summed E-state index contributed by atoms with van der Waals surface area (Å²) in [6, 6.07) is 4.88. The molecule has 0 radical (unpaired) electrons. The van der Waals surface area contributed by atoms with Crippen LogP contribution in [0.3, 0.4) is 0 Å². The van der Waals surface area contributed by atoms with Gasteiger partial charge in [-0.2, -0.15) is 0 Å². The third-order valence-electron chi connectivity index (χ3n) is 2.34. The molecule has 0 unspecified atom stereocenters. The summed E-state index contributed by atoms with van der Waals surface area (Å²) in [5.74, 6) is -0.203. The third kappa shape index (κ3) is 2.22. The molecular formula is C12H11ClO4. The summed E-state index contributed by atoms with van der Waals surface area (Å²) in [4.78, 5) is 11.7. The van der Waals surface area contributed by atoms with Gasteiger partial charge in [0.2, 0.25) is 0 Å². The van der Waals surface area contributed by atoms with E-state index in [0.717, 1.165) is 0 Å². The highest BCUT2D eigenvalue weighted by atomic mass is 35.5. The quantitative estimate of drug-likeness (QED) is 0.824. The topological polar surface area (TPSA) is 55.8 Å². The first-order chi connectivity index (χ1) is 8.13. The van der Waals surface area contributed by atoms with Gasteiger partial charge < -0.3 is 14.6 Å². The van der Waals surface area contributed by atoms with Crippen LogP contribution in [0.4, 0.5) is 0 Å². The Morgan fingerprint density at radius 3 is 3.06 bits per heavy atom. The Bertz CT molecular complexity index is 493. The number of rotatable bonds is 2. The highest BCUT2D eigenvalue weighted by Crippen LogP contribution is 2.34. The number of esters is 1.